The Bertz CT molecular complexity index is 278. The molecule has 0 radical (unpaired) electrons. The van der Waals surface area contributed by atoms with Gasteiger partial charge >= 0.3 is 5.97 Å². The second kappa shape index (κ2) is 6.64. The van der Waals surface area contributed by atoms with Gasteiger partial charge in [-0.3, -0.25) is 0 Å². The maximum absolute atomic E-state index is 10.4. The van der Waals surface area contributed by atoms with Crippen LogP contribution in [0.1, 0.15) is 0 Å². The third kappa shape index (κ3) is 4.04. The van der Waals surface area contributed by atoms with E-state index in [2.05, 4.69) is 6.58 Å². The third-order valence-electron chi connectivity index (χ3n) is 2.24. The first kappa shape index (κ1) is 16.0. The summed E-state index contributed by atoms with van der Waals surface area (Å²) in [4.78, 5) is 10.4. The van der Waals surface area contributed by atoms with E-state index in [0.29, 0.717) is 0 Å². The van der Waals surface area contributed by atoms with E-state index in [-0.39, 0.29) is 0 Å². The smallest absolute Gasteiger partial charge is 0.333 e. The molecule has 0 aromatic heterocycles. The summed E-state index contributed by atoms with van der Waals surface area (Å²) in [5.41, 5.74) is -0.776. The van der Waals surface area contributed by atoms with Crippen molar-refractivity contribution in [2.75, 3.05) is 6.61 Å². The summed E-state index contributed by atoms with van der Waals surface area (Å²) in [7, 11) is 0. The predicted octanol–water partition coefficient (Wildman–Crippen LogP) is -3.58. The van der Waals surface area contributed by atoms with Crippen molar-refractivity contribution < 1.29 is 40.5 Å². The largest absolute Gasteiger partial charge is 0.478 e. The number of carboxylic acid groups (broad SMARTS) is 1. The predicted molar refractivity (Wildman–Crippen MR) is 53.9 cm³/mol. The Morgan fingerprint density at radius 3 is 1.82 bits per heavy atom. The van der Waals surface area contributed by atoms with E-state index in [9.17, 15) is 25.2 Å². The molecule has 0 saturated heterocycles. The van der Waals surface area contributed by atoms with Crippen molar-refractivity contribution in [2.24, 2.45) is 0 Å². The average Bonchev–Trinajstić information content (AvgIpc) is 2.32. The molecule has 8 nitrogen and oxygen atoms in total. The van der Waals surface area contributed by atoms with Gasteiger partial charge in [-0.2, -0.15) is 0 Å². The Labute approximate surface area is 96.7 Å². The van der Waals surface area contributed by atoms with Crippen LogP contribution in [-0.4, -0.2) is 78.8 Å². The van der Waals surface area contributed by atoms with Crippen molar-refractivity contribution in [1.29, 1.82) is 0 Å². The molecule has 7 N–H and O–H groups in total. The van der Waals surface area contributed by atoms with Crippen LogP contribution >= 0.6 is 0 Å². The molecule has 0 rings (SSSR count). The van der Waals surface area contributed by atoms with E-state index < -0.39 is 48.7 Å². The first-order chi connectivity index (χ1) is 7.73. The second-order valence-electron chi connectivity index (χ2n) is 3.50. The van der Waals surface area contributed by atoms with E-state index in [1.807, 2.05) is 0 Å². The number of aliphatic carboxylic acids is 1. The molecule has 0 fully saturated rings. The molecule has 0 aliphatic carbocycles. The summed E-state index contributed by atoms with van der Waals surface area (Å²) in [5, 5.41) is 63.1. The Morgan fingerprint density at radius 1 is 1.00 bits per heavy atom. The summed E-state index contributed by atoms with van der Waals surface area (Å²) in [6, 6.07) is 0. The lowest BCUT2D eigenvalue weighted by molar-refractivity contribution is -0.143. The lowest BCUT2D eigenvalue weighted by atomic mass is 9.96. The molecule has 17 heavy (non-hydrogen) atoms. The molecule has 0 saturated carbocycles. The van der Waals surface area contributed by atoms with Crippen LogP contribution in [0.4, 0.5) is 0 Å². The Kier molecular flexibility index (Phi) is 6.24. The fourth-order valence-corrected chi connectivity index (χ4v) is 1.06. The van der Waals surface area contributed by atoms with E-state index in [0.717, 1.165) is 0 Å². The number of hydrogen-bond donors (Lipinski definition) is 7. The minimum atomic E-state index is -2.06. The maximum atomic E-state index is 10.4. The first-order valence-electron chi connectivity index (χ1n) is 4.67. The average molecular weight is 252 g/mol. The van der Waals surface area contributed by atoms with Crippen LogP contribution < -0.4 is 0 Å². The fraction of sp³-hybridized carbons (Fsp3) is 0.667. The molecule has 0 aromatic carbocycles. The number of rotatable bonds is 7. The molecule has 0 heterocycles. The summed E-state index contributed by atoms with van der Waals surface area (Å²) >= 11 is 0. The van der Waals surface area contributed by atoms with Crippen LogP contribution in [0.25, 0.3) is 0 Å². The lowest BCUT2D eigenvalue weighted by Gasteiger charge is -2.28. The molecule has 5 atom stereocenters. The lowest BCUT2D eigenvalue weighted by Crippen LogP contribution is -2.50. The van der Waals surface area contributed by atoms with E-state index >= 15 is 0 Å². The van der Waals surface area contributed by atoms with Gasteiger partial charge in [-0.15, -0.1) is 0 Å². The van der Waals surface area contributed by atoms with E-state index in [1.165, 1.54) is 0 Å². The van der Waals surface area contributed by atoms with Crippen molar-refractivity contribution in [3.63, 3.8) is 0 Å². The molecule has 0 aliphatic heterocycles. The molecule has 100 valence electrons. The van der Waals surface area contributed by atoms with Crippen LogP contribution in [0.15, 0.2) is 12.2 Å². The minimum Gasteiger partial charge on any atom is -0.478 e. The SMILES string of the molecule is C=C(C(=O)O)C(O)[C@H](O)[C@@H](O)[C@H](O)[C@H](O)CO. The Morgan fingerprint density at radius 2 is 1.47 bits per heavy atom. The van der Waals surface area contributed by atoms with Crippen LogP contribution in [0.2, 0.25) is 0 Å². The van der Waals surface area contributed by atoms with Gasteiger partial charge in [-0.1, -0.05) is 6.58 Å². The summed E-state index contributed by atoms with van der Waals surface area (Å²) in [5.74, 6) is -1.58. The zero-order valence-electron chi connectivity index (χ0n) is 8.84. The van der Waals surface area contributed by atoms with Gasteiger partial charge in [0.05, 0.1) is 12.2 Å². The summed E-state index contributed by atoms with van der Waals surface area (Å²) < 4.78 is 0. The molecule has 8 heteroatoms. The van der Waals surface area contributed by atoms with Crippen LogP contribution in [0, 0.1) is 0 Å². The monoisotopic (exact) mass is 252 g/mol. The molecule has 0 bridgehead atoms. The summed E-state index contributed by atoms with van der Waals surface area (Å²) in [6.45, 7) is 2.09. The maximum Gasteiger partial charge on any atom is 0.333 e. The van der Waals surface area contributed by atoms with Gasteiger partial charge in [0.1, 0.15) is 30.5 Å². The molecule has 0 aliphatic rings. The highest BCUT2D eigenvalue weighted by atomic mass is 16.4. The number of aliphatic hydroxyl groups is 6. The van der Waals surface area contributed by atoms with Crippen LogP contribution in [-0.2, 0) is 4.79 Å². The van der Waals surface area contributed by atoms with Gasteiger partial charge in [0.25, 0.3) is 0 Å². The van der Waals surface area contributed by atoms with Crippen LogP contribution in [0.3, 0.4) is 0 Å². The number of hydrogen-bond acceptors (Lipinski definition) is 7. The van der Waals surface area contributed by atoms with Gasteiger partial charge in [-0.05, 0) is 0 Å². The van der Waals surface area contributed by atoms with Gasteiger partial charge < -0.3 is 35.7 Å². The fourth-order valence-electron chi connectivity index (χ4n) is 1.06. The van der Waals surface area contributed by atoms with Crippen molar-refractivity contribution in [3.8, 4) is 0 Å². The van der Waals surface area contributed by atoms with Crippen molar-refractivity contribution in [3.05, 3.63) is 12.2 Å². The number of aliphatic hydroxyl groups excluding tert-OH is 6. The highest BCUT2D eigenvalue weighted by molar-refractivity contribution is 5.87. The van der Waals surface area contributed by atoms with Gasteiger partial charge in [0.15, 0.2) is 0 Å². The van der Waals surface area contributed by atoms with Gasteiger partial charge in [0.2, 0.25) is 0 Å². The quantitative estimate of drug-likeness (QED) is 0.229. The minimum absolute atomic E-state index is 0.776. The van der Waals surface area contributed by atoms with Gasteiger partial charge in [0, 0.05) is 0 Å². The normalized spacial score (nSPS) is 20.1. The Hall–Kier alpha value is -1.03. The molecule has 0 spiro atoms. The van der Waals surface area contributed by atoms with Crippen molar-refractivity contribution >= 4 is 5.97 Å². The van der Waals surface area contributed by atoms with Gasteiger partial charge in [-0.25, -0.2) is 4.79 Å². The molecule has 0 amide bonds. The zero-order valence-corrected chi connectivity index (χ0v) is 8.84. The molecule has 1 unspecified atom stereocenters. The Balaban J connectivity index is 4.64. The van der Waals surface area contributed by atoms with E-state index in [1.54, 1.807) is 0 Å². The second-order valence-corrected chi connectivity index (χ2v) is 3.50. The van der Waals surface area contributed by atoms with Crippen molar-refractivity contribution in [2.45, 2.75) is 30.5 Å². The molecule has 0 aromatic rings. The third-order valence-corrected chi connectivity index (χ3v) is 2.24. The highest BCUT2D eigenvalue weighted by Crippen LogP contribution is 2.13. The molecular weight excluding hydrogens is 236 g/mol. The number of carboxylic acids is 1. The first-order valence-corrected chi connectivity index (χ1v) is 4.67. The topological polar surface area (TPSA) is 159 Å². The van der Waals surface area contributed by atoms with Crippen molar-refractivity contribution in [1.82, 2.24) is 0 Å². The highest BCUT2D eigenvalue weighted by Gasteiger charge is 2.36. The standard InChI is InChI=1S/C9H16O8/c1-3(9(16)17)5(12)7(14)8(15)6(13)4(11)2-10/h4-8,10-15H,1-2H2,(H,16,17)/t4-,5?,6-,7+,8+/m1/s1. The molecular formula is C9H16O8. The number of carbonyl (C=O) groups is 1. The summed E-state index contributed by atoms with van der Waals surface area (Å²) in [6.07, 6.45) is -9.78. The van der Waals surface area contributed by atoms with E-state index in [4.69, 9.17) is 15.3 Å². The van der Waals surface area contributed by atoms with Crippen LogP contribution in [0.5, 0.6) is 0 Å². The zero-order chi connectivity index (χ0) is 13.7.